The summed E-state index contributed by atoms with van der Waals surface area (Å²) in [4.78, 5) is 18.9. The van der Waals surface area contributed by atoms with Crippen molar-refractivity contribution in [3.05, 3.63) is 66.0 Å². The van der Waals surface area contributed by atoms with Crippen molar-refractivity contribution in [3.8, 4) is 0 Å². The summed E-state index contributed by atoms with van der Waals surface area (Å²) in [6.07, 6.45) is 2.68. The summed E-state index contributed by atoms with van der Waals surface area (Å²) in [6.45, 7) is 3.24. The van der Waals surface area contributed by atoms with Gasteiger partial charge in [-0.05, 0) is 23.3 Å². The van der Waals surface area contributed by atoms with E-state index in [0.29, 0.717) is 32.8 Å². The van der Waals surface area contributed by atoms with Gasteiger partial charge in [0, 0.05) is 26.1 Å². The lowest BCUT2D eigenvalue weighted by Gasteiger charge is -2.25. The standard InChI is InChI=1S/C21H22N4O2/c26-20(22-10-12-25-15-23-18-7-3-4-8-19(18)25)24-11-9-21(14-24)17-6-2-1-5-16(17)13-27-21/h1-8,15H,9-14H2,(H,22,26). The van der Waals surface area contributed by atoms with Crippen LogP contribution in [0.3, 0.4) is 0 Å². The van der Waals surface area contributed by atoms with Crippen molar-refractivity contribution < 1.29 is 9.53 Å². The molecule has 6 nitrogen and oxygen atoms in total. The van der Waals surface area contributed by atoms with E-state index in [9.17, 15) is 4.79 Å². The average molecular weight is 362 g/mol. The third kappa shape index (κ3) is 2.77. The van der Waals surface area contributed by atoms with Gasteiger partial charge in [-0.15, -0.1) is 0 Å². The number of imidazole rings is 1. The van der Waals surface area contributed by atoms with E-state index in [-0.39, 0.29) is 11.6 Å². The lowest BCUT2D eigenvalue weighted by molar-refractivity contribution is -0.0272. The van der Waals surface area contributed by atoms with E-state index in [1.807, 2.05) is 47.6 Å². The molecule has 1 atom stereocenters. The molecule has 2 aliphatic heterocycles. The molecule has 1 spiro atoms. The Bertz CT molecular complexity index is 999. The number of rotatable bonds is 3. The minimum absolute atomic E-state index is 0.0238. The van der Waals surface area contributed by atoms with Crippen LogP contribution in [0, 0.1) is 0 Å². The highest BCUT2D eigenvalue weighted by atomic mass is 16.5. The fraction of sp³-hybridized carbons (Fsp3) is 0.333. The van der Waals surface area contributed by atoms with Crippen LogP contribution in [-0.4, -0.2) is 40.1 Å². The van der Waals surface area contributed by atoms with Crippen LogP contribution in [0.1, 0.15) is 17.5 Å². The number of aromatic nitrogens is 2. The maximum absolute atomic E-state index is 12.6. The molecule has 2 aliphatic rings. The maximum Gasteiger partial charge on any atom is 0.317 e. The minimum Gasteiger partial charge on any atom is -0.364 e. The van der Waals surface area contributed by atoms with Crippen molar-refractivity contribution >= 4 is 17.1 Å². The van der Waals surface area contributed by atoms with E-state index in [0.717, 1.165) is 17.5 Å². The monoisotopic (exact) mass is 362 g/mol. The zero-order valence-corrected chi connectivity index (χ0v) is 15.1. The quantitative estimate of drug-likeness (QED) is 0.779. The van der Waals surface area contributed by atoms with Gasteiger partial charge in [0.05, 0.1) is 30.5 Å². The summed E-state index contributed by atoms with van der Waals surface area (Å²) in [5.41, 5.74) is 4.22. The van der Waals surface area contributed by atoms with Crippen LogP contribution in [0.4, 0.5) is 4.79 Å². The van der Waals surface area contributed by atoms with Gasteiger partial charge in [0.25, 0.3) is 0 Å². The van der Waals surface area contributed by atoms with E-state index in [2.05, 4.69) is 27.0 Å². The molecule has 2 aromatic carbocycles. The molecule has 27 heavy (non-hydrogen) atoms. The maximum atomic E-state index is 12.6. The fourth-order valence-corrected chi connectivity index (χ4v) is 4.26. The first kappa shape index (κ1) is 16.3. The van der Waals surface area contributed by atoms with Gasteiger partial charge in [-0.25, -0.2) is 9.78 Å². The highest BCUT2D eigenvalue weighted by molar-refractivity contribution is 5.76. The fourth-order valence-electron chi connectivity index (χ4n) is 4.26. The second-order valence-corrected chi connectivity index (χ2v) is 7.27. The van der Waals surface area contributed by atoms with Gasteiger partial charge in [-0.1, -0.05) is 36.4 Å². The Hall–Kier alpha value is -2.86. The number of fused-ring (bicyclic) bond motifs is 3. The summed E-state index contributed by atoms with van der Waals surface area (Å²) in [5, 5.41) is 3.04. The number of nitrogens with one attached hydrogen (secondary N) is 1. The zero-order valence-electron chi connectivity index (χ0n) is 15.1. The number of para-hydroxylation sites is 2. The predicted octanol–water partition coefficient (Wildman–Crippen LogP) is 2.88. The van der Waals surface area contributed by atoms with E-state index < -0.39 is 0 Å². The summed E-state index contributed by atoms with van der Waals surface area (Å²) < 4.78 is 8.20. The summed E-state index contributed by atoms with van der Waals surface area (Å²) >= 11 is 0. The molecule has 2 amide bonds. The van der Waals surface area contributed by atoms with E-state index >= 15 is 0 Å². The third-order valence-electron chi connectivity index (χ3n) is 5.69. The number of amides is 2. The van der Waals surface area contributed by atoms with Crippen molar-refractivity contribution in [3.63, 3.8) is 0 Å². The molecule has 1 aromatic heterocycles. The molecule has 5 rings (SSSR count). The summed E-state index contributed by atoms with van der Waals surface area (Å²) in [6, 6.07) is 16.3. The van der Waals surface area contributed by atoms with Crippen LogP contribution in [0.25, 0.3) is 11.0 Å². The molecular weight excluding hydrogens is 340 g/mol. The van der Waals surface area contributed by atoms with E-state index in [1.165, 1.54) is 11.1 Å². The Morgan fingerprint density at radius 3 is 3.00 bits per heavy atom. The number of nitrogens with zero attached hydrogens (tertiary/aromatic N) is 3. The van der Waals surface area contributed by atoms with Crippen molar-refractivity contribution in [2.45, 2.75) is 25.2 Å². The Labute approximate surface area is 157 Å². The van der Waals surface area contributed by atoms with Crippen LogP contribution in [0.15, 0.2) is 54.9 Å². The first-order valence-corrected chi connectivity index (χ1v) is 9.40. The first-order valence-electron chi connectivity index (χ1n) is 9.40. The molecule has 0 bridgehead atoms. The van der Waals surface area contributed by atoms with E-state index in [4.69, 9.17) is 4.74 Å². The van der Waals surface area contributed by atoms with Gasteiger partial charge in [0.15, 0.2) is 0 Å². The van der Waals surface area contributed by atoms with Crippen LogP contribution >= 0.6 is 0 Å². The summed E-state index contributed by atoms with van der Waals surface area (Å²) in [7, 11) is 0. The Morgan fingerprint density at radius 2 is 2.04 bits per heavy atom. The van der Waals surface area contributed by atoms with E-state index in [1.54, 1.807) is 0 Å². The Balaban J connectivity index is 1.20. The molecular formula is C21H22N4O2. The molecule has 0 aliphatic carbocycles. The van der Waals surface area contributed by atoms with Crippen LogP contribution in [0.2, 0.25) is 0 Å². The van der Waals surface area contributed by atoms with Gasteiger partial charge < -0.3 is 19.5 Å². The van der Waals surface area contributed by atoms with Gasteiger partial charge >= 0.3 is 6.03 Å². The minimum atomic E-state index is -0.325. The van der Waals surface area contributed by atoms with Crippen molar-refractivity contribution in [1.82, 2.24) is 19.8 Å². The predicted molar refractivity (Wildman–Crippen MR) is 102 cm³/mol. The van der Waals surface area contributed by atoms with Crippen LogP contribution in [0.5, 0.6) is 0 Å². The SMILES string of the molecule is O=C(NCCn1cnc2ccccc21)N1CCC2(C1)OCc1ccccc12. The molecule has 0 radical (unpaired) electrons. The number of urea groups is 1. The number of hydrogen-bond donors (Lipinski definition) is 1. The first-order chi connectivity index (χ1) is 13.3. The van der Waals surface area contributed by atoms with Crippen molar-refractivity contribution in [1.29, 1.82) is 0 Å². The smallest absolute Gasteiger partial charge is 0.317 e. The number of benzene rings is 2. The normalized spacial score (nSPS) is 21.1. The molecule has 6 heteroatoms. The van der Waals surface area contributed by atoms with Crippen LogP contribution < -0.4 is 5.32 Å². The lowest BCUT2D eigenvalue weighted by Crippen LogP contribution is -2.41. The molecule has 3 aromatic rings. The number of ether oxygens (including phenoxy) is 1. The van der Waals surface area contributed by atoms with Crippen molar-refractivity contribution in [2.24, 2.45) is 0 Å². The van der Waals surface area contributed by atoms with Gasteiger partial charge in [0.2, 0.25) is 0 Å². The number of carbonyl (C=O) groups is 1. The second-order valence-electron chi connectivity index (χ2n) is 7.27. The highest BCUT2D eigenvalue weighted by Crippen LogP contribution is 2.43. The topological polar surface area (TPSA) is 59.4 Å². The highest BCUT2D eigenvalue weighted by Gasteiger charge is 2.46. The number of likely N-dealkylation sites (tertiary alicyclic amines) is 1. The second kappa shape index (κ2) is 6.39. The lowest BCUT2D eigenvalue weighted by atomic mass is 9.92. The molecule has 0 saturated carbocycles. The Morgan fingerprint density at radius 1 is 1.19 bits per heavy atom. The average Bonchev–Trinajstić information content (AvgIpc) is 3.41. The Kier molecular flexibility index (Phi) is 3.86. The van der Waals surface area contributed by atoms with Crippen molar-refractivity contribution in [2.75, 3.05) is 19.6 Å². The summed E-state index contributed by atoms with van der Waals surface area (Å²) in [5.74, 6) is 0. The van der Waals surface area contributed by atoms with Gasteiger partial charge in [0.1, 0.15) is 5.60 Å². The zero-order chi connectivity index (χ0) is 18.3. The molecule has 138 valence electrons. The largest absolute Gasteiger partial charge is 0.364 e. The number of hydrogen-bond acceptors (Lipinski definition) is 3. The third-order valence-corrected chi connectivity index (χ3v) is 5.69. The molecule has 1 unspecified atom stereocenters. The molecule has 3 heterocycles. The molecule has 1 saturated heterocycles. The van der Waals surface area contributed by atoms with Gasteiger partial charge in [-0.2, -0.15) is 0 Å². The van der Waals surface area contributed by atoms with Crippen LogP contribution in [-0.2, 0) is 23.5 Å². The molecule has 1 N–H and O–H groups in total. The molecule has 1 fully saturated rings. The number of carbonyl (C=O) groups excluding carboxylic acids is 1. The van der Waals surface area contributed by atoms with Gasteiger partial charge in [-0.3, -0.25) is 0 Å².